The normalized spacial score (nSPS) is 15.1. The first-order chi connectivity index (χ1) is 21.3. The number of nitriles is 1. The number of alkyl halides is 3. The number of halogens is 4. The molecule has 3 heterocycles. The van der Waals surface area contributed by atoms with Crippen molar-refractivity contribution < 1.29 is 13.2 Å². The van der Waals surface area contributed by atoms with E-state index in [0.717, 1.165) is 21.5 Å². The molecular weight excluding hydrogens is 603 g/mol. The van der Waals surface area contributed by atoms with E-state index >= 15 is 0 Å². The lowest BCUT2D eigenvalue weighted by Crippen LogP contribution is -2.35. The van der Waals surface area contributed by atoms with Gasteiger partial charge >= 0.3 is 6.18 Å². The van der Waals surface area contributed by atoms with Gasteiger partial charge in [-0.2, -0.15) is 23.5 Å². The third-order valence-electron chi connectivity index (χ3n) is 8.06. The largest absolute Gasteiger partial charge is 0.413 e. The lowest BCUT2D eigenvalue weighted by atomic mass is 9.96. The van der Waals surface area contributed by atoms with Gasteiger partial charge in [0.15, 0.2) is 5.54 Å². The number of pyridine rings is 1. The summed E-state index contributed by atoms with van der Waals surface area (Å²) in [6, 6.07) is 12.5. The van der Waals surface area contributed by atoms with E-state index in [4.69, 9.17) is 11.6 Å². The maximum absolute atomic E-state index is 14.0. The topological polar surface area (TPSA) is 109 Å². The van der Waals surface area contributed by atoms with E-state index in [2.05, 4.69) is 57.9 Å². The molecule has 2 aromatic carbocycles. The predicted molar refractivity (Wildman–Crippen MR) is 166 cm³/mol. The van der Waals surface area contributed by atoms with Gasteiger partial charge in [-0.05, 0) is 60.6 Å². The molecule has 1 atom stereocenters. The number of anilines is 2. The summed E-state index contributed by atoms with van der Waals surface area (Å²) in [5.41, 5.74) is 2.63. The van der Waals surface area contributed by atoms with Crippen molar-refractivity contribution in [3.8, 4) is 11.8 Å². The molecule has 2 N–H and O–H groups in total. The molecule has 6 rings (SSSR count). The Labute approximate surface area is 263 Å². The summed E-state index contributed by atoms with van der Waals surface area (Å²) >= 11 is 6.76. The summed E-state index contributed by atoms with van der Waals surface area (Å²) in [5, 5.41) is 30.3. The molecule has 5 aromatic rings. The molecule has 1 saturated carbocycles. The van der Waals surface area contributed by atoms with Gasteiger partial charge in [0, 0.05) is 36.2 Å². The van der Waals surface area contributed by atoms with Gasteiger partial charge in [-0.25, -0.2) is 9.36 Å². The quantitative estimate of drug-likeness (QED) is 0.181. The van der Waals surface area contributed by atoms with Crippen LogP contribution in [0.2, 0.25) is 5.02 Å². The minimum atomic E-state index is -4.45. The fraction of sp³-hybridized carbons (Fsp3) is 0.344. The molecule has 232 valence electrons. The van der Waals surface area contributed by atoms with Crippen LogP contribution in [0.1, 0.15) is 62.0 Å². The Balaban J connectivity index is 1.48. The standard InChI is InChI=1S/C32H31ClF3N9/c1-19-22(7-5-8-26(19)44-12-6-11-40-44)29(25-17-45(43-42-25)31(9-10-31)32(34,35)36)41-21-13-23-27(39-18-30(2,3)4)20(15-37)16-38-28(23)24(33)14-21/h5-8,11-14,16-17,29,41H,9-10,18H2,1-4H3,(H,38,39). The number of benzene rings is 2. The zero-order valence-corrected chi connectivity index (χ0v) is 25.9. The van der Waals surface area contributed by atoms with Crippen LogP contribution in [-0.4, -0.2) is 42.5 Å². The molecule has 45 heavy (non-hydrogen) atoms. The summed E-state index contributed by atoms with van der Waals surface area (Å²) in [6.07, 6.45) is 1.79. The average molecular weight is 634 g/mol. The molecule has 1 aliphatic carbocycles. The van der Waals surface area contributed by atoms with Crippen LogP contribution in [0.5, 0.6) is 0 Å². The Kier molecular flexibility index (Phi) is 7.48. The minimum Gasteiger partial charge on any atom is -0.383 e. The number of fused-ring (bicyclic) bond motifs is 1. The van der Waals surface area contributed by atoms with Crippen LogP contribution >= 0.6 is 11.6 Å². The molecule has 0 amide bonds. The van der Waals surface area contributed by atoms with Gasteiger partial charge in [-0.3, -0.25) is 4.98 Å². The average Bonchev–Trinajstić information content (AvgIpc) is 3.38. The molecule has 0 radical (unpaired) electrons. The molecule has 0 spiro atoms. The number of rotatable bonds is 8. The van der Waals surface area contributed by atoms with Gasteiger partial charge in [0.05, 0.1) is 39.7 Å². The van der Waals surface area contributed by atoms with Crippen molar-refractivity contribution in [3.63, 3.8) is 0 Å². The zero-order chi connectivity index (χ0) is 32.1. The number of nitrogens with zero attached hydrogens (tertiary/aromatic N) is 7. The minimum absolute atomic E-state index is 0.0515. The fourth-order valence-corrected chi connectivity index (χ4v) is 5.71. The van der Waals surface area contributed by atoms with Gasteiger partial charge in [0.1, 0.15) is 11.8 Å². The van der Waals surface area contributed by atoms with Crippen LogP contribution < -0.4 is 10.6 Å². The summed E-state index contributed by atoms with van der Waals surface area (Å²) in [5.74, 6) is 0. The Bertz CT molecular complexity index is 1910. The molecule has 1 fully saturated rings. The van der Waals surface area contributed by atoms with Gasteiger partial charge in [-0.15, -0.1) is 5.10 Å². The van der Waals surface area contributed by atoms with Crippen molar-refractivity contribution in [2.45, 2.75) is 58.3 Å². The van der Waals surface area contributed by atoms with E-state index in [1.54, 1.807) is 16.9 Å². The van der Waals surface area contributed by atoms with Crippen LogP contribution in [0.4, 0.5) is 24.5 Å². The van der Waals surface area contributed by atoms with Crippen LogP contribution in [0.15, 0.2) is 61.2 Å². The molecular formula is C32H31ClF3N9. The second kappa shape index (κ2) is 11.1. The fourth-order valence-electron chi connectivity index (χ4n) is 5.44. The highest BCUT2D eigenvalue weighted by atomic mass is 35.5. The molecule has 9 nitrogen and oxygen atoms in total. The van der Waals surface area contributed by atoms with E-state index in [-0.39, 0.29) is 18.3 Å². The van der Waals surface area contributed by atoms with Crippen LogP contribution in [-0.2, 0) is 5.54 Å². The van der Waals surface area contributed by atoms with Gasteiger partial charge in [0.2, 0.25) is 0 Å². The SMILES string of the molecule is Cc1c(C(Nc2cc(Cl)c3ncc(C#N)c(NCC(C)(C)C)c3c2)c2cn(C3(C(F)(F)F)CC3)nn2)cccc1-n1cccn1. The molecule has 13 heteroatoms. The number of nitrogens with one attached hydrogen (secondary N) is 2. The van der Waals surface area contributed by atoms with Crippen molar-refractivity contribution >= 4 is 33.9 Å². The maximum atomic E-state index is 14.0. The molecule has 0 aliphatic heterocycles. The highest BCUT2D eigenvalue weighted by molar-refractivity contribution is 6.35. The molecule has 0 saturated heterocycles. The summed E-state index contributed by atoms with van der Waals surface area (Å²) in [4.78, 5) is 4.44. The van der Waals surface area contributed by atoms with Crippen molar-refractivity contribution in [3.05, 3.63) is 88.6 Å². The molecule has 0 bridgehead atoms. The monoisotopic (exact) mass is 633 g/mol. The van der Waals surface area contributed by atoms with Crippen molar-refractivity contribution in [1.29, 1.82) is 5.26 Å². The van der Waals surface area contributed by atoms with E-state index in [0.29, 0.717) is 45.1 Å². The van der Waals surface area contributed by atoms with Crippen LogP contribution in [0.3, 0.4) is 0 Å². The van der Waals surface area contributed by atoms with Crippen molar-refractivity contribution in [1.82, 2.24) is 29.8 Å². The van der Waals surface area contributed by atoms with Crippen molar-refractivity contribution in [2.75, 3.05) is 17.2 Å². The maximum Gasteiger partial charge on any atom is 0.413 e. The van der Waals surface area contributed by atoms with Crippen molar-refractivity contribution in [2.24, 2.45) is 5.41 Å². The molecule has 1 unspecified atom stereocenters. The highest BCUT2D eigenvalue weighted by Crippen LogP contribution is 2.55. The van der Waals surface area contributed by atoms with Crippen LogP contribution in [0, 0.1) is 23.7 Å². The first kappa shape index (κ1) is 30.4. The Morgan fingerprint density at radius 2 is 1.93 bits per heavy atom. The van der Waals surface area contributed by atoms with Gasteiger partial charge in [-0.1, -0.05) is 49.7 Å². The van der Waals surface area contributed by atoms with E-state index in [1.807, 2.05) is 43.5 Å². The summed E-state index contributed by atoms with van der Waals surface area (Å²) in [6.45, 7) is 8.75. The second-order valence-corrected chi connectivity index (χ2v) is 13.0. The summed E-state index contributed by atoms with van der Waals surface area (Å²) < 4.78 is 44.7. The Morgan fingerprint density at radius 1 is 1.16 bits per heavy atom. The molecule has 1 aliphatic rings. The van der Waals surface area contributed by atoms with Gasteiger partial charge < -0.3 is 10.6 Å². The first-order valence-corrected chi connectivity index (χ1v) is 14.8. The van der Waals surface area contributed by atoms with Gasteiger partial charge in [0.25, 0.3) is 0 Å². The highest BCUT2D eigenvalue weighted by Gasteiger charge is 2.66. The molecule has 3 aromatic heterocycles. The van der Waals surface area contributed by atoms with E-state index in [1.165, 1.54) is 12.4 Å². The van der Waals surface area contributed by atoms with E-state index < -0.39 is 17.8 Å². The van der Waals surface area contributed by atoms with E-state index in [9.17, 15) is 18.4 Å². The Hall–Kier alpha value is -4.63. The smallest absolute Gasteiger partial charge is 0.383 e. The second-order valence-electron chi connectivity index (χ2n) is 12.6. The predicted octanol–water partition coefficient (Wildman–Crippen LogP) is 7.56. The lowest BCUT2D eigenvalue weighted by Gasteiger charge is -2.24. The number of hydrogen-bond acceptors (Lipinski definition) is 7. The lowest BCUT2D eigenvalue weighted by molar-refractivity contribution is -0.182. The third kappa shape index (κ3) is 5.68. The summed E-state index contributed by atoms with van der Waals surface area (Å²) in [7, 11) is 0. The van der Waals surface area contributed by atoms with Crippen LogP contribution in [0.25, 0.3) is 16.6 Å². The first-order valence-electron chi connectivity index (χ1n) is 14.4. The Morgan fingerprint density at radius 3 is 2.58 bits per heavy atom. The zero-order valence-electron chi connectivity index (χ0n) is 25.1. The third-order valence-corrected chi connectivity index (χ3v) is 8.35. The number of hydrogen-bond donors (Lipinski definition) is 2. The number of aromatic nitrogens is 6.